The van der Waals surface area contributed by atoms with Crippen molar-refractivity contribution in [3.05, 3.63) is 0 Å². The number of rotatable bonds is 6. The predicted molar refractivity (Wildman–Crippen MR) is 62.3 cm³/mol. The van der Waals surface area contributed by atoms with Gasteiger partial charge in [0.15, 0.2) is 0 Å². The maximum absolute atomic E-state index is 4.21. The van der Waals surface area contributed by atoms with E-state index in [2.05, 4.69) is 30.9 Å². The highest BCUT2D eigenvalue weighted by molar-refractivity contribution is 5.41. The fourth-order valence-electron chi connectivity index (χ4n) is 1.09. The Morgan fingerprint density at radius 1 is 0.667 bits per heavy atom. The van der Waals surface area contributed by atoms with Crippen LogP contribution < -0.4 is 16.0 Å². The zero-order valence-electron chi connectivity index (χ0n) is 9.46. The lowest BCUT2D eigenvalue weighted by atomic mass is 10.7. The van der Waals surface area contributed by atoms with Gasteiger partial charge in [-0.1, -0.05) is 0 Å². The van der Waals surface area contributed by atoms with Gasteiger partial charge in [0.1, 0.15) is 0 Å². The van der Waals surface area contributed by atoms with Gasteiger partial charge in [-0.25, -0.2) is 0 Å². The van der Waals surface area contributed by atoms with Gasteiger partial charge in [0.25, 0.3) is 0 Å². The number of hydrogen-bond acceptors (Lipinski definition) is 6. The molecule has 0 aliphatic rings. The summed E-state index contributed by atoms with van der Waals surface area (Å²) in [5.74, 6) is 1.79. The van der Waals surface area contributed by atoms with E-state index in [9.17, 15) is 0 Å². The highest BCUT2D eigenvalue weighted by atomic mass is 15.3. The van der Waals surface area contributed by atoms with Crippen LogP contribution in [0.4, 0.5) is 17.8 Å². The average Bonchev–Trinajstić information content (AvgIpc) is 2.19. The Labute approximate surface area is 89.9 Å². The van der Waals surface area contributed by atoms with Gasteiger partial charge in [-0.2, -0.15) is 15.0 Å². The summed E-state index contributed by atoms with van der Waals surface area (Å²) in [6, 6.07) is 0. The van der Waals surface area contributed by atoms with Gasteiger partial charge in [-0.15, -0.1) is 0 Å². The first kappa shape index (κ1) is 11.5. The topological polar surface area (TPSA) is 74.8 Å². The van der Waals surface area contributed by atoms with Crippen molar-refractivity contribution in [2.75, 3.05) is 35.6 Å². The van der Waals surface area contributed by atoms with Gasteiger partial charge in [-0.05, 0) is 20.8 Å². The van der Waals surface area contributed by atoms with Crippen molar-refractivity contribution in [3.8, 4) is 0 Å². The highest BCUT2D eigenvalue weighted by Crippen LogP contribution is 2.08. The van der Waals surface area contributed by atoms with Gasteiger partial charge in [0, 0.05) is 19.6 Å². The third kappa shape index (κ3) is 3.57. The van der Waals surface area contributed by atoms with Crippen LogP contribution in [0.1, 0.15) is 20.8 Å². The van der Waals surface area contributed by atoms with E-state index in [-0.39, 0.29) is 0 Å². The molecule has 6 heteroatoms. The molecule has 0 unspecified atom stereocenters. The lowest BCUT2D eigenvalue weighted by molar-refractivity contribution is 0.985. The number of hydrogen-bond donors (Lipinski definition) is 3. The van der Waals surface area contributed by atoms with Crippen molar-refractivity contribution in [3.63, 3.8) is 0 Å². The fourth-order valence-corrected chi connectivity index (χ4v) is 1.09. The minimum absolute atomic E-state index is 0.597. The summed E-state index contributed by atoms with van der Waals surface area (Å²) in [5, 5.41) is 9.19. The van der Waals surface area contributed by atoms with E-state index in [1.54, 1.807) is 0 Å². The molecule has 1 aromatic heterocycles. The first-order valence-electron chi connectivity index (χ1n) is 5.27. The SMILES string of the molecule is CCNc1nc(NCC)nc(NCC)n1. The molecule has 0 saturated carbocycles. The number of anilines is 3. The lowest BCUT2D eigenvalue weighted by Crippen LogP contribution is -2.11. The molecule has 0 atom stereocenters. The maximum atomic E-state index is 4.21. The molecule has 6 nitrogen and oxygen atoms in total. The molecule has 1 aromatic rings. The summed E-state index contributed by atoms with van der Waals surface area (Å²) >= 11 is 0. The summed E-state index contributed by atoms with van der Waals surface area (Å²) in [6.45, 7) is 8.39. The van der Waals surface area contributed by atoms with Crippen molar-refractivity contribution in [1.82, 2.24) is 15.0 Å². The van der Waals surface area contributed by atoms with E-state index in [1.807, 2.05) is 20.8 Å². The van der Waals surface area contributed by atoms with Crippen LogP contribution in [0.2, 0.25) is 0 Å². The second-order valence-electron chi connectivity index (χ2n) is 2.90. The van der Waals surface area contributed by atoms with Crippen LogP contribution in [-0.4, -0.2) is 34.6 Å². The Bertz CT molecular complexity index is 241. The molecule has 0 radical (unpaired) electrons. The maximum Gasteiger partial charge on any atom is 0.229 e. The van der Waals surface area contributed by atoms with Crippen LogP contribution in [0.5, 0.6) is 0 Å². The Balaban J connectivity index is 2.86. The summed E-state index contributed by atoms with van der Waals surface area (Å²) in [5.41, 5.74) is 0. The van der Waals surface area contributed by atoms with Gasteiger partial charge in [0.05, 0.1) is 0 Å². The minimum Gasteiger partial charge on any atom is -0.354 e. The van der Waals surface area contributed by atoms with Crippen LogP contribution in [0.25, 0.3) is 0 Å². The summed E-state index contributed by atoms with van der Waals surface area (Å²) in [6.07, 6.45) is 0. The Hall–Kier alpha value is -1.59. The minimum atomic E-state index is 0.597. The summed E-state index contributed by atoms with van der Waals surface area (Å²) in [7, 11) is 0. The quantitative estimate of drug-likeness (QED) is 0.654. The van der Waals surface area contributed by atoms with Crippen molar-refractivity contribution in [2.45, 2.75) is 20.8 Å². The van der Waals surface area contributed by atoms with Crippen molar-refractivity contribution in [2.24, 2.45) is 0 Å². The molecule has 0 aliphatic carbocycles. The molecular formula is C9H18N6. The molecule has 0 bridgehead atoms. The molecule has 0 spiro atoms. The summed E-state index contributed by atoms with van der Waals surface area (Å²) in [4.78, 5) is 12.6. The molecule has 0 fully saturated rings. The first-order chi connectivity index (χ1) is 7.30. The zero-order valence-corrected chi connectivity index (χ0v) is 9.46. The predicted octanol–water partition coefficient (Wildman–Crippen LogP) is 1.17. The smallest absolute Gasteiger partial charge is 0.229 e. The molecule has 0 aliphatic heterocycles. The van der Waals surface area contributed by atoms with E-state index in [0.717, 1.165) is 19.6 Å². The van der Waals surface area contributed by atoms with Crippen LogP contribution in [-0.2, 0) is 0 Å². The molecule has 3 N–H and O–H groups in total. The fraction of sp³-hybridized carbons (Fsp3) is 0.667. The molecule has 1 rings (SSSR count). The highest BCUT2D eigenvalue weighted by Gasteiger charge is 2.03. The van der Waals surface area contributed by atoms with Gasteiger partial charge in [0.2, 0.25) is 17.8 Å². The van der Waals surface area contributed by atoms with E-state index >= 15 is 0 Å². The largest absolute Gasteiger partial charge is 0.354 e. The first-order valence-corrected chi connectivity index (χ1v) is 5.27. The number of aromatic nitrogens is 3. The average molecular weight is 210 g/mol. The third-order valence-electron chi connectivity index (χ3n) is 1.64. The second-order valence-corrected chi connectivity index (χ2v) is 2.90. The third-order valence-corrected chi connectivity index (χ3v) is 1.64. The molecule has 1 heterocycles. The van der Waals surface area contributed by atoms with Crippen LogP contribution in [0, 0.1) is 0 Å². The summed E-state index contributed by atoms with van der Waals surface area (Å²) < 4.78 is 0. The Kier molecular flexibility index (Phi) is 4.59. The number of nitrogens with zero attached hydrogens (tertiary/aromatic N) is 3. The van der Waals surface area contributed by atoms with Gasteiger partial charge in [-0.3, -0.25) is 0 Å². The monoisotopic (exact) mass is 210 g/mol. The van der Waals surface area contributed by atoms with Crippen LogP contribution in [0.15, 0.2) is 0 Å². The van der Waals surface area contributed by atoms with Gasteiger partial charge < -0.3 is 16.0 Å². The van der Waals surface area contributed by atoms with E-state index in [0.29, 0.717) is 17.8 Å². The Morgan fingerprint density at radius 2 is 0.933 bits per heavy atom. The van der Waals surface area contributed by atoms with Crippen molar-refractivity contribution >= 4 is 17.8 Å². The standard InChI is InChI=1S/C9H18N6/c1-4-10-7-13-8(11-5-2)15-9(14-7)12-6-3/h4-6H2,1-3H3,(H3,10,11,12,13,14,15). The molecule has 0 aromatic carbocycles. The normalized spacial score (nSPS) is 9.80. The number of nitrogens with one attached hydrogen (secondary N) is 3. The molecule has 15 heavy (non-hydrogen) atoms. The van der Waals surface area contributed by atoms with Crippen molar-refractivity contribution in [1.29, 1.82) is 0 Å². The second kappa shape index (κ2) is 6.00. The Morgan fingerprint density at radius 3 is 1.13 bits per heavy atom. The lowest BCUT2D eigenvalue weighted by Gasteiger charge is -2.08. The van der Waals surface area contributed by atoms with Gasteiger partial charge >= 0.3 is 0 Å². The molecular weight excluding hydrogens is 192 g/mol. The van der Waals surface area contributed by atoms with Crippen molar-refractivity contribution < 1.29 is 0 Å². The van der Waals surface area contributed by atoms with E-state index < -0.39 is 0 Å². The van der Waals surface area contributed by atoms with E-state index in [4.69, 9.17) is 0 Å². The molecule has 0 amide bonds. The van der Waals surface area contributed by atoms with E-state index in [1.165, 1.54) is 0 Å². The van der Waals surface area contributed by atoms with Crippen LogP contribution in [0.3, 0.4) is 0 Å². The molecule has 0 saturated heterocycles. The van der Waals surface area contributed by atoms with Crippen LogP contribution >= 0.6 is 0 Å². The zero-order chi connectivity index (χ0) is 11.1. The molecule has 84 valence electrons.